The molecule has 1 amide bonds. The van der Waals surface area contributed by atoms with Crippen molar-refractivity contribution >= 4 is 23.4 Å². The van der Waals surface area contributed by atoms with Gasteiger partial charge in [-0.15, -0.1) is 11.3 Å². The van der Waals surface area contributed by atoms with Crippen molar-refractivity contribution in [1.29, 1.82) is 0 Å². The van der Waals surface area contributed by atoms with Crippen LogP contribution in [-0.4, -0.2) is 54.2 Å². The number of rotatable bonds is 7. The molecule has 8 heteroatoms. The third-order valence-corrected chi connectivity index (χ3v) is 3.85. The average molecular weight is 370 g/mol. The molecule has 1 rings (SSSR count). The molecule has 7 nitrogen and oxygen atoms in total. The maximum absolute atomic E-state index is 11.6. The maximum Gasteiger partial charge on any atom is 0.407 e. The van der Waals surface area contributed by atoms with E-state index in [0.29, 0.717) is 19.6 Å². The third kappa shape index (κ3) is 9.28. The van der Waals surface area contributed by atoms with E-state index in [1.807, 2.05) is 41.7 Å². The van der Waals surface area contributed by atoms with Gasteiger partial charge in [-0.05, 0) is 41.0 Å². The van der Waals surface area contributed by atoms with Crippen LogP contribution in [0.2, 0.25) is 0 Å². The molecule has 2 N–H and O–H groups in total. The third-order valence-electron chi connectivity index (χ3n) is 3.03. The van der Waals surface area contributed by atoms with Crippen molar-refractivity contribution in [2.45, 2.75) is 53.2 Å². The average Bonchev–Trinajstić information content (AvgIpc) is 2.89. The zero-order valence-electron chi connectivity index (χ0n) is 16.2. The Morgan fingerprint density at radius 2 is 2.12 bits per heavy atom. The highest BCUT2D eigenvalue weighted by atomic mass is 32.1. The normalized spacial score (nSPS) is 12.0. The van der Waals surface area contributed by atoms with E-state index >= 15 is 0 Å². The molecule has 0 saturated carbocycles. The number of guanidine groups is 1. The molecule has 0 saturated heterocycles. The zero-order chi connectivity index (χ0) is 18.9. The lowest BCUT2D eigenvalue weighted by atomic mass is 10.2. The molecule has 0 bridgehead atoms. The highest BCUT2D eigenvalue weighted by Crippen LogP contribution is 2.10. The number of carbonyl (C=O) groups is 1. The summed E-state index contributed by atoms with van der Waals surface area (Å²) < 4.78 is 5.20. The molecule has 0 aliphatic rings. The van der Waals surface area contributed by atoms with Gasteiger partial charge in [0.25, 0.3) is 0 Å². The fourth-order valence-corrected chi connectivity index (χ4v) is 2.64. The van der Waals surface area contributed by atoms with Crippen molar-refractivity contribution in [1.82, 2.24) is 20.5 Å². The maximum atomic E-state index is 11.6. The van der Waals surface area contributed by atoms with Gasteiger partial charge in [0.1, 0.15) is 5.60 Å². The first kappa shape index (κ1) is 21.2. The molecule has 142 valence electrons. The summed E-state index contributed by atoms with van der Waals surface area (Å²) in [7, 11) is 2.00. The Bertz CT molecular complexity index is 566. The highest BCUT2D eigenvalue weighted by Gasteiger charge is 2.15. The molecule has 1 aromatic rings. The zero-order valence-corrected chi connectivity index (χ0v) is 17.0. The standard InChI is InChI=1S/C17H31N5O2S/c1-7-18-15(22(6)11-14-12-25-13(2)21-14)19-9-8-10-20-16(23)24-17(3,4)5/h12H,7-11H2,1-6H3,(H,18,19)(H,20,23). The Morgan fingerprint density at radius 3 is 2.68 bits per heavy atom. The monoisotopic (exact) mass is 369 g/mol. The molecule has 0 aromatic carbocycles. The molecular formula is C17H31N5O2S. The Labute approximate surface area is 154 Å². The molecule has 1 aromatic heterocycles. The summed E-state index contributed by atoms with van der Waals surface area (Å²) in [6.45, 7) is 12.3. The fraction of sp³-hybridized carbons (Fsp3) is 0.706. The summed E-state index contributed by atoms with van der Waals surface area (Å²) in [5, 5.41) is 9.16. The summed E-state index contributed by atoms with van der Waals surface area (Å²) in [6.07, 6.45) is 0.358. The summed E-state index contributed by atoms with van der Waals surface area (Å²) in [5.74, 6) is 0.838. The van der Waals surface area contributed by atoms with Crippen molar-refractivity contribution < 1.29 is 9.53 Å². The second-order valence-corrected chi connectivity index (χ2v) is 7.79. The van der Waals surface area contributed by atoms with Crippen LogP contribution in [0.25, 0.3) is 0 Å². The molecular weight excluding hydrogens is 338 g/mol. The van der Waals surface area contributed by atoms with E-state index in [-0.39, 0.29) is 6.09 Å². The number of carbonyl (C=O) groups excluding carboxylic acids is 1. The minimum Gasteiger partial charge on any atom is -0.444 e. The van der Waals surface area contributed by atoms with Crippen LogP contribution in [0.4, 0.5) is 4.79 Å². The number of hydrogen-bond donors (Lipinski definition) is 2. The molecule has 0 unspecified atom stereocenters. The van der Waals surface area contributed by atoms with Gasteiger partial charge in [0.05, 0.1) is 17.2 Å². The van der Waals surface area contributed by atoms with Crippen LogP contribution in [0.3, 0.4) is 0 Å². The van der Waals surface area contributed by atoms with E-state index in [0.717, 1.165) is 29.6 Å². The highest BCUT2D eigenvalue weighted by molar-refractivity contribution is 7.09. The van der Waals surface area contributed by atoms with Crippen molar-refractivity contribution in [3.8, 4) is 0 Å². The number of alkyl carbamates (subject to hydrolysis) is 1. The van der Waals surface area contributed by atoms with Crippen LogP contribution in [0.1, 0.15) is 44.8 Å². The van der Waals surface area contributed by atoms with Crippen LogP contribution in [-0.2, 0) is 11.3 Å². The molecule has 1 heterocycles. The SMILES string of the molecule is CCNC(=NCCCNC(=O)OC(C)(C)C)N(C)Cc1csc(C)n1. The number of hydrogen-bond acceptors (Lipinski definition) is 5. The number of thiazole rings is 1. The second kappa shape index (κ2) is 10.2. The van der Waals surface area contributed by atoms with Crippen LogP contribution in [0.15, 0.2) is 10.4 Å². The van der Waals surface area contributed by atoms with E-state index < -0.39 is 5.60 Å². The van der Waals surface area contributed by atoms with Gasteiger partial charge in [-0.25, -0.2) is 9.78 Å². The number of aliphatic imine (C=N–C) groups is 1. The lowest BCUT2D eigenvalue weighted by Crippen LogP contribution is -2.38. The van der Waals surface area contributed by atoms with Gasteiger partial charge in [0.2, 0.25) is 0 Å². The van der Waals surface area contributed by atoms with Crippen LogP contribution in [0, 0.1) is 6.92 Å². The molecule has 25 heavy (non-hydrogen) atoms. The predicted molar refractivity (Wildman–Crippen MR) is 103 cm³/mol. The van der Waals surface area contributed by atoms with Crippen LogP contribution < -0.4 is 10.6 Å². The molecule has 0 fully saturated rings. The Morgan fingerprint density at radius 1 is 1.40 bits per heavy atom. The number of ether oxygens (including phenoxy) is 1. The molecule has 0 aliphatic heterocycles. The number of amides is 1. The van der Waals surface area contributed by atoms with Crippen molar-refractivity contribution in [2.75, 3.05) is 26.7 Å². The van der Waals surface area contributed by atoms with Gasteiger partial charge in [-0.2, -0.15) is 0 Å². The van der Waals surface area contributed by atoms with Gasteiger partial charge in [0, 0.05) is 32.1 Å². The van der Waals surface area contributed by atoms with Gasteiger partial charge in [-0.3, -0.25) is 4.99 Å². The molecule has 0 atom stereocenters. The summed E-state index contributed by atoms with van der Waals surface area (Å²) in [4.78, 5) is 22.7. The summed E-state index contributed by atoms with van der Waals surface area (Å²) in [5.41, 5.74) is 0.569. The first-order valence-corrected chi connectivity index (χ1v) is 9.46. The van der Waals surface area contributed by atoms with E-state index in [4.69, 9.17) is 4.74 Å². The Hall–Kier alpha value is -1.83. The van der Waals surface area contributed by atoms with Crippen LogP contribution in [0.5, 0.6) is 0 Å². The molecule has 0 spiro atoms. The summed E-state index contributed by atoms with van der Waals surface area (Å²) in [6, 6.07) is 0. The first-order valence-electron chi connectivity index (χ1n) is 8.58. The predicted octanol–water partition coefficient (Wildman–Crippen LogP) is 2.76. The van der Waals surface area contributed by atoms with Crippen LogP contribution >= 0.6 is 11.3 Å². The topological polar surface area (TPSA) is 78.8 Å². The van der Waals surface area contributed by atoms with E-state index in [1.54, 1.807) is 11.3 Å². The number of aryl methyl sites for hydroxylation is 1. The van der Waals surface area contributed by atoms with Gasteiger partial charge in [0.15, 0.2) is 5.96 Å². The minimum absolute atomic E-state index is 0.389. The lowest BCUT2D eigenvalue weighted by Gasteiger charge is -2.21. The van der Waals surface area contributed by atoms with E-state index in [1.165, 1.54) is 0 Å². The first-order chi connectivity index (χ1) is 11.7. The second-order valence-electron chi connectivity index (χ2n) is 6.73. The fourth-order valence-electron chi connectivity index (χ4n) is 2.04. The quantitative estimate of drug-likeness (QED) is 0.439. The number of nitrogens with one attached hydrogen (secondary N) is 2. The van der Waals surface area contributed by atoms with E-state index in [9.17, 15) is 4.79 Å². The van der Waals surface area contributed by atoms with Crippen molar-refractivity contribution in [3.05, 3.63) is 16.1 Å². The lowest BCUT2D eigenvalue weighted by molar-refractivity contribution is 0.0527. The van der Waals surface area contributed by atoms with Gasteiger partial charge < -0.3 is 20.3 Å². The smallest absolute Gasteiger partial charge is 0.407 e. The van der Waals surface area contributed by atoms with Gasteiger partial charge in [-0.1, -0.05) is 0 Å². The number of aromatic nitrogens is 1. The number of nitrogens with zero attached hydrogens (tertiary/aromatic N) is 3. The molecule has 0 radical (unpaired) electrons. The van der Waals surface area contributed by atoms with Gasteiger partial charge >= 0.3 is 6.09 Å². The largest absolute Gasteiger partial charge is 0.444 e. The summed E-state index contributed by atoms with van der Waals surface area (Å²) >= 11 is 1.65. The minimum atomic E-state index is -0.475. The van der Waals surface area contributed by atoms with E-state index in [2.05, 4.69) is 30.9 Å². The Balaban J connectivity index is 2.40. The Kier molecular flexibility index (Phi) is 8.68. The molecule has 0 aliphatic carbocycles. The van der Waals surface area contributed by atoms with Crippen molar-refractivity contribution in [2.24, 2.45) is 4.99 Å². The van der Waals surface area contributed by atoms with Crippen molar-refractivity contribution in [3.63, 3.8) is 0 Å².